The minimum atomic E-state index is -0.739. The van der Waals surface area contributed by atoms with Gasteiger partial charge >= 0.3 is 5.97 Å². The van der Waals surface area contributed by atoms with E-state index in [9.17, 15) is 14.7 Å². The van der Waals surface area contributed by atoms with Crippen LogP contribution < -0.4 is 5.32 Å². The molecule has 4 bridgehead atoms. The number of carbonyl (C=O) groups is 2. The lowest BCUT2D eigenvalue weighted by Crippen LogP contribution is -2.58. The fourth-order valence-electron chi connectivity index (χ4n) is 5.61. The highest BCUT2D eigenvalue weighted by Gasteiger charge is 2.60. The number of anilines is 1. The van der Waals surface area contributed by atoms with Crippen molar-refractivity contribution >= 4 is 17.6 Å². The molecule has 5 rings (SSSR count). The van der Waals surface area contributed by atoms with Gasteiger partial charge in [-0.25, -0.2) is 0 Å². The summed E-state index contributed by atoms with van der Waals surface area (Å²) >= 11 is 0. The van der Waals surface area contributed by atoms with E-state index in [1.807, 2.05) is 6.07 Å². The van der Waals surface area contributed by atoms with E-state index in [4.69, 9.17) is 10.00 Å². The maximum Gasteiger partial charge on any atom is 0.312 e. The van der Waals surface area contributed by atoms with Gasteiger partial charge in [0.2, 0.25) is 0 Å². The van der Waals surface area contributed by atoms with Gasteiger partial charge in [-0.2, -0.15) is 5.26 Å². The van der Waals surface area contributed by atoms with Gasteiger partial charge in [-0.15, -0.1) is 0 Å². The zero-order chi connectivity index (χ0) is 18.4. The molecule has 4 aliphatic carbocycles. The first-order valence-corrected chi connectivity index (χ1v) is 9.10. The Morgan fingerprint density at radius 1 is 1.23 bits per heavy atom. The number of para-hydroxylation sites is 1. The molecule has 6 nitrogen and oxygen atoms in total. The maximum atomic E-state index is 12.8. The molecule has 26 heavy (non-hydrogen) atoms. The smallest absolute Gasteiger partial charge is 0.312 e. The molecule has 0 spiro atoms. The summed E-state index contributed by atoms with van der Waals surface area (Å²) in [6, 6.07) is 8.68. The van der Waals surface area contributed by atoms with Gasteiger partial charge < -0.3 is 15.2 Å². The van der Waals surface area contributed by atoms with Crippen LogP contribution >= 0.6 is 0 Å². The molecule has 0 aromatic heterocycles. The van der Waals surface area contributed by atoms with E-state index in [0.29, 0.717) is 29.5 Å². The van der Waals surface area contributed by atoms with Crippen molar-refractivity contribution < 1.29 is 19.4 Å². The summed E-state index contributed by atoms with van der Waals surface area (Å²) in [4.78, 5) is 24.9. The zero-order valence-corrected chi connectivity index (χ0v) is 14.5. The van der Waals surface area contributed by atoms with Crippen LogP contribution in [0.4, 0.5) is 5.69 Å². The molecule has 0 saturated heterocycles. The molecule has 4 atom stereocenters. The van der Waals surface area contributed by atoms with Crippen LogP contribution in [0.3, 0.4) is 0 Å². The van der Waals surface area contributed by atoms with Crippen molar-refractivity contribution in [3.8, 4) is 6.07 Å². The normalized spacial score (nSPS) is 34.2. The number of benzene rings is 1. The Bertz CT molecular complexity index is 783. The second-order valence-electron chi connectivity index (χ2n) is 8.25. The van der Waals surface area contributed by atoms with E-state index >= 15 is 0 Å². The third-order valence-corrected chi connectivity index (χ3v) is 6.12. The van der Waals surface area contributed by atoms with Crippen LogP contribution in [-0.2, 0) is 14.3 Å². The molecule has 0 aliphatic heterocycles. The third kappa shape index (κ3) is 2.97. The Hall–Kier alpha value is -2.39. The highest BCUT2D eigenvalue weighted by atomic mass is 16.5. The predicted octanol–water partition coefficient (Wildman–Crippen LogP) is 2.37. The Balaban J connectivity index is 1.38. The van der Waals surface area contributed by atoms with Crippen LogP contribution in [0.25, 0.3) is 0 Å². The highest BCUT2D eigenvalue weighted by molar-refractivity contribution is 5.94. The topological polar surface area (TPSA) is 99.4 Å². The fourth-order valence-corrected chi connectivity index (χ4v) is 5.61. The summed E-state index contributed by atoms with van der Waals surface area (Å²) in [7, 11) is 0. The van der Waals surface area contributed by atoms with Gasteiger partial charge in [-0.1, -0.05) is 12.1 Å². The molecule has 4 saturated carbocycles. The molecule has 4 fully saturated rings. The number of ether oxygens (including phenoxy) is 1. The predicted molar refractivity (Wildman–Crippen MR) is 92.8 cm³/mol. The van der Waals surface area contributed by atoms with Crippen LogP contribution in [0.15, 0.2) is 24.3 Å². The Labute approximate surface area is 152 Å². The molecular formula is C20H22N2O4. The number of nitrogens with zero attached hydrogens (tertiary/aromatic N) is 1. The standard InChI is InChI=1S/C20H22N2O4/c21-10-15-3-1-2-4-16(15)22-17(23)11-26-18(24)19-6-13-5-14(7-19)9-20(25,8-13)12-19/h1-4,13-14,25H,5-9,11-12H2,(H,22,23)/t13-,14+,19?,20?. The summed E-state index contributed by atoms with van der Waals surface area (Å²) in [6.45, 7) is -0.381. The number of carbonyl (C=O) groups excluding carboxylic acids is 2. The molecule has 2 N–H and O–H groups in total. The minimum absolute atomic E-state index is 0.357. The quantitative estimate of drug-likeness (QED) is 0.809. The Morgan fingerprint density at radius 3 is 2.58 bits per heavy atom. The number of aliphatic hydroxyl groups is 1. The van der Waals surface area contributed by atoms with Crippen LogP contribution in [-0.4, -0.2) is 29.2 Å². The summed E-state index contributed by atoms with van der Waals surface area (Å²) in [5.41, 5.74) is -0.614. The largest absolute Gasteiger partial charge is 0.455 e. The minimum Gasteiger partial charge on any atom is -0.455 e. The summed E-state index contributed by atoms with van der Waals surface area (Å²) in [5.74, 6) is -0.0755. The number of amides is 1. The summed E-state index contributed by atoms with van der Waals surface area (Å²) < 4.78 is 5.33. The van der Waals surface area contributed by atoms with Gasteiger partial charge in [0.15, 0.2) is 6.61 Å². The molecule has 4 aliphatic rings. The van der Waals surface area contributed by atoms with Crippen LogP contribution in [0, 0.1) is 28.6 Å². The van der Waals surface area contributed by atoms with Crippen molar-refractivity contribution in [2.24, 2.45) is 17.3 Å². The third-order valence-electron chi connectivity index (χ3n) is 6.12. The van der Waals surface area contributed by atoms with Crippen molar-refractivity contribution in [1.82, 2.24) is 0 Å². The molecule has 1 amide bonds. The number of hydrogen-bond acceptors (Lipinski definition) is 5. The lowest BCUT2D eigenvalue weighted by molar-refractivity contribution is -0.196. The van der Waals surface area contributed by atoms with Crippen LogP contribution in [0.2, 0.25) is 0 Å². The number of rotatable bonds is 4. The molecule has 2 unspecified atom stereocenters. The Kier molecular flexibility index (Phi) is 4.00. The lowest BCUT2D eigenvalue weighted by atomic mass is 9.48. The van der Waals surface area contributed by atoms with Crippen LogP contribution in [0.1, 0.15) is 44.1 Å². The van der Waals surface area contributed by atoms with E-state index < -0.39 is 16.9 Å². The number of esters is 1. The Morgan fingerprint density at radius 2 is 1.92 bits per heavy atom. The van der Waals surface area contributed by atoms with Gasteiger partial charge in [0, 0.05) is 0 Å². The first kappa shape index (κ1) is 17.0. The molecule has 1 aromatic rings. The first-order chi connectivity index (χ1) is 12.4. The zero-order valence-electron chi connectivity index (χ0n) is 14.5. The van der Waals surface area contributed by atoms with Gasteiger partial charge in [0.05, 0.1) is 22.3 Å². The second kappa shape index (κ2) is 6.10. The molecular weight excluding hydrogens is 332 g/mol. The molecule has 0 radical (unpaired) electrons. The van der Waals surface area contributed by atoms with Gasteiger partial charge in [0.1, 0.15) is 6.07 Å². The van der Waals surface area contributed by atoms with Gasteiger partial charge in [0.25, 0.3) is 5.91 Å². The summed E-state index contributed by atoms with van der Waals surface area (Å²) in [6.07, 6.45) is 4.61. The molecule has 136 valence electrons. The fraction of sp³-hybridized carbons (Fsp3) is 0.550. The van der Waals surface area contributed by atoms with Crippen molar-refractivity contribution in [3.63, 3.8) is 0 Å². The monoisotopic (exact) mass is 354 g/mol. The molecule has 6 heteroatoms. The lowest BCUT2D eigenvalue weighted by Gasteiger charge is -2.58. The van der Waals surface area contributed by atoms with Crippen LogP contribution in [0.5, 0.6) is 0 Å². The van der Waals surface area contributed by atoms with E-state index in [1.165, 1.54) is 0 Å². The van der Waals surface area contributed by atoms with E-state index in [-0.39, 0.29) is 12.6 Å². The van der Waals surface area contributed by atoms with E-state index in [1.54, 1.807) is 24.3 Å². The second-order valence-corrected chi connectivity index (χ2v) is 8.25. The summed E-state index contributed by atoms with van der Waals surface area (Å²) in [5, 5.41) is 22.4. The molecule has 1 aromatic carbocycles. The van der Waals surface area contributed by atoms with Gasteiger partial charge in [-0.05, 0) is 62.5 Å². The van der Waals surface area contributed by atoms with Crippen molar-refractivity contribution in [2.45, 2.75) is 44.1 Å². The van der Waals surface area contributed by atoms with Gasteiger partial charge in [-0.3, -0.25) is 9.59 Å². The number of nitrogens with one attached hydrogen (secondary N) is 1. The van der Waals surface area contributed by atoms with E-state index in [0.717, 1.165) is 32.1 Å². The van der Waals surface area contributed by atoms with E-state index in [2.05, 4.69) is 5.32 Å². The molecule has 0 heterocycles. The average Bonchev–Trinajstić information content (AvgIpc) is 2.58. The maximum absolute atomic E-state index is 12.8. The average molecular weight is 354 g/mol. The first-order valence-electron chi connectivity index (χ1n) is 9.10. The highest BCUT2D eigenvalue weighted by Crippen LogP contribution is 2.61. The van der Waals surface area contributed by atoms with Crippen molar-refractivity contribution in [1.29, 1.82) is 5.26 Å². The number of hydrogen-bond donors (Lipinski definition) is 2. The van der Waals surface area contributed by atoms with Crippen molar-refractivity contribution in [3.05, 3.63) is 29.8 Å². The number of nitriles is 1. The SMILES string of the molecule is N#Cc1ccccc1NC(=O)COC(=O)C12C[C@@H]3C[C@@H](CC(O)(C3)C1)C2. The van der Waals surface area contributed by atoms with Crippen molar-refractivity contribution in [2.75, 3.05) is 11.9 Å².